The molecule has 0 bridgehead atoms. The van der Waals surface area contributed by atoms with Gasteiger partial charge in [-0.05, 0) is 97.9 Å². The molecule has 0 radical (unpaired) electrons. The van der Waals surface area contributed by atoms with Crippen LogP contribution in [0.3, 0.4) is 0 Å². The first-order valence-electron chi connectivity index (χ1n) is 13.6. The van der Waals surface area contributed by atoms with Crippen LogP contribution in [-0.2, 0) is 14.3 Å². The van der Waals surface area contributed by atoms with E-state index in [1.54, 1.807) is 0 Å². The molecule has 0 aliphatic heterocycles. The van der Waals surface area contributed by atoms with Crippen LogP contribution in [0.2, 0.25) is 0 Å². The fraction of sp³-hybridized carbons (Fsp3) is 0.800. The maximum atomic E-state index is 13.6. The van der Waals surface area contributed by atoms with Gasteiger partial charge in [0, 0.05) is 19.3 Å². The number of ether oxygens (including phenoxy) is 1. The van der Waals surface area contributed by atoms with Gasteiger partial charge < -0.3 is 4.74 Å². The molecule has 0 amide bonds. The van der Waals surface area contributed by atoms with Crippen LogP contribution in [0.4, 0.5) is 0 Å². The van der Waals surface area contributed by atoms with Crippen molar-refractivity contribution in [2.45, 2.75) is 105 Å². The largest absolute Gasteiger partial charge is 0.462 e. The van der Waals surface area contributed by atoms with Crippen molar-refractivity contribution in [1.29, 1.82) is 0 Å². The third kappa shape index (κ3) is 4.27. The van der Waals surface area contributed by atoms with E-state index < -0.39 is 0 Å². The first-order chi connectivity index (χ1) is 15.5. The van der Waals surface area contributed by atoms with Gasteiger partial charge >= 0.3 is 5.97 Å². The zero-order valence-corrected chi connectivity index (χ0v) is 21.9. The van der Waals surface area contributed by atoms with E-state index in [0.717, 1.165) is 32.1 Å². The van der Waals surface area contributed by atoms with Gasteiger partial charge in [0.05, 0.1) is 0 Å². The average molecular weight is 455 g/mol. The van der Waals surface area contributed by atoms with E-state index in [-0.39, 0.29) is 28.8 Å². The van der Waals surface area contributed by atoms with Crippen LogP contribution in [0.25, 0.3) is 0 Å². The van der Waals surface area contributed by atoms with Gasteiger partial charge in [0.15, 0.2) is 5.78 Å². The lowest BCUT2D eigenvalue weighted by Gasteiger charge is -2.57. The van der Waals surface area contributed by atoms with Gasteiger partial charge in [0.1, 0.15) is 6.10 Å². The summed E-state index contributed by atoms with van der Waals surface area (Å²) >= 11 is 0. The Balaban J connectivity index is 1.52. The summed E-state index contributed by atoms with van der Waals surface area (Å²) < 4.78 is 5.54. The molecule has 184 valence electrons. The van der Waals surface area contributed by atoms with Gasteiger partial charge in [-0.2, -0.15) is 0 Å². The Hall–Kier alpha value is -1.38. The number of carbonyl (C=O) groups is 2. The lowest BCUT2D eigenvalue weighted by atomic mass is 9.46. The highest BCUT2D eigenvalue weighted by Crippen LogP contribution is 2.66. The maximum Gasteiger partial charge on any atom is 0.302 e. The lowest BCUT2D eigenvalue weighted by molar-refractivity contribution is -0.149. The average Bonchev–Trinajstić information content (AvgIpc) is 3.09. The Morgan fingerprint density at radius 3 is 2.52 bits per heavy atom. The number of fused-ring (bicyclic) bond motifs is 5. The van der Waals surface area contributed by atoms with Gasteiger partial charge in [0.25, 0.3) is 0 Å². The number of ketones is 1. The molecule has 4 rings (SSSR count). The quantitative estimate of drug-likeness (QED) is 0.312. The summed E-state index contributed by atoms with van der Waals surface area (Å²) in [5.41, 5.74) is 3.01. The van der Waals surface area contributed by atoms with Crippen LogP contribution in [0, 0.1) is 46.3 Å². The molecule has 8 atom stereocenters. The molecule has 4 aliphatic carbocycles. The monoisotopic (exact) mass is 454 g/mol. The minimum absolute atomic E-state index is 0.0580. The number of carbonyl (C=O) groups excluding carboxylic acids is 2. The third-order valence-corrected chi connectivity index (χ3v) is 10.7. The van der Waals surface area contributed by atoms with Crippen LogP contribution in [0.15, 0.2) is 23.8 Å². The summed E-state index contributed by atoms with van der Waals surface area (Å²) in [5, 5.41) is 0. The van der Waals surface area contributed by atoms with Crippen molar-refractivity contribution in [2.24, 2.45) is 46.3 Å². The molecule has 0 aromatic rings. The van der Waals surface area contributed by atoms with Gasteiger partial charge in [-0.3, -0.25) is 9.59 Å². The number of rotatable bonds is 6. The maximum absolute atomic E-state index is 13.6. The van der Waals surface area contributed by atoms with Gasteiger partial charge in [-0.1, -0.05) is 52.3 Å². The van der Waals surface area contributed by atoms with Crippen LogP contribution < -0.4 is 0 Å². The van der Waals surface area contributed by atoms with E-state index in [9.17, 15) is 9.59 Å². The van der Waals surface area contributed by atoms with Crippen molar-refractivity contribution in [1.82, 2.24) is 0 Å². The molecule has 0 saturated heterocycles. The SMILES string of the molecule is C=C(CC[C@@H](C)[C@H]1CC[C@H]2[C@@H]3C(=O)C=C4C[C@@H](OC(C)=O)CC[C@]4(C)[C@@H]3CC[C@]12C)C(C)C. The van der Waals surface area contributed by atoms with E-state index in [1.165, 1.54) is 43.8 Å². The second-order valence-corrected chi connectivity index (χ2v) is 12.8. The second-order valence-electron chi connectivity index (χ2n) is 12.8. The molecule has 0 heterocycles. The highest BCUT2D eigenvalue weighted by atomic mass is 16.5. The highest BCUT2D eigenvalue weighted by Gasteiger charge is 2.61. The fourth-order valence-corrected chi connectivity index (χ4v) is 8.58. The lowest BCUT2D eigenvalue weighted by Crippen LogP contribution is -2.53. The van der Waals surface area contributed by atoms with E-state index in [0.29, 0.717) is 35.4 Å². The molecule has 4 aliphatic rings. The molecule has 0 unspecified atom stereocenters. The van der Waals surface area contributed by atoms with Gasteiger partial charge in [0.2, 0.25) is 0 Å². The topological polar surface area (TPSA) is 43.4 Å². The zero-order valence-electron chi connectivity index (χ0n) is 21.9. The Kier molecular flexibility index (Phi) is 6.75. The van der Waals surface area contributed by atoms with E-state index in [4.69, 9.17) is 4.74 Å². The summed E-state index contributed by atoms with van der Waals surface area (Å²) in [4.78, 5) is 25.1. The minimum atomic E-state index is -0.208. The van der Waals surface area contributed by atoms with Crippen molar-refractivity contribution in [3.63, 3.8) is 0 Å². The van der Waals surface area contributed by atoms with Crippen molar-refractivity contribution >= 4 is 11.8 Å². The third-order valence-electron chi connectivity index (χ3n) is 10.7. The molecule has 0 N–H and O–H groups in total. The number of esters is 1. The Morgan fingerprint density at radius 2 is 1.85 bits per heavy atom. The molecule has 3 nitrogen and oxygen atoms in total. The van der Waals surface area contributed by atoms with Gasteiger partial charge in [-0.25, -0.2) is 0 Å². The summed E-state index contributed by atoms with van der Waals surface area (Å²) in [6.45, 7) is 17.7. The molecule has 3 fully saturated rings. The first-order valence-corrected chi connectivity index (χ1v) is 13.6. The van der Waals surface area contributed by atoms with E-state index in [1.807, 2.05) is 6.08 Å². The highest BCUT2D eigenvalue weighted by molar-refractivity contribution is 5.94. The van der Waals surface area contributed by atoms with Crippen LogP contribution in [-0.4, -0.2) is 17.9 Å². The van der Waals surface area contributed by atoms with Crippen molar-refractivity contribution in [3.05, 3.63) is 23.8 Å². The summed E-state index contributed by atoms with van der Waals surface area (Å²) in [6.07, 6.45) is 11.9. The Morgan fingerprint density at radius 1 is 1.12 bits per heavy atom. The fourth-order valence-electron chi connectivity index (χ4n) is 8.58. The van der Waals surface area contributed by atoms with Crippen molar-refractivity contribution < 1.29 is 14.3 Å². The predicted octanol–water partition coefficient (Wildman–Crippen LogP) is 7.30. The molecular weight excluding hydrogens is 408 g/mol. The first kappa shape index (κ1) is 24.7. The molecule has 3 heteroatoms. The minimum Gasteiger partial charge on any atom is -0.462 e. The number of allylic oxidation sites excluding steroid dienone is 2. The van der Waals surface area contributed by atoms with Gasteiger partial charge in [-0.15, -0.1) is 0 Å². The smallest absolute Gasteiger partial charge is 0.302 e. The Bertz CT molecular complexity index is 837. The van der Waals surface area contributed by atoms with Crippen LogP contribution >= 0.6 is 0 Å². The summed E-state index contributed by atoms with van der Waals surface area (Å²) in [7, 11) is 0. The van der Waals surface area contributed by atoms with Crippen molar-refractivity contribution in [2.75, 3.05) is 0 Å². The molecule has 0 aromatic carbocycles. The molecular formula is C30H46O3. The summed E-state index contributed by atoms with van der Waals surface area (Å²) in [5.74, 6) is 3.29. The molecule has 3 saturated carbocycles. The summed E-state index contributed by atoms with van der Waals surface area (Å²) in [6, 6.07) is 0. The van der Waals surface area contributed by atoms with E-state index >= 15 is 0 Å². The molecule has 0 aromatic heterocycles. The second kappa shape index (κ2) is 9.00. The Labute approximate surface area is 201 Å². The standard InChI is InChI=1S/C30H46O3/c1-18(2)19(3)8-9-20(4)24-10-11-25-28-26(13-15-30(24,25)7)29(6)14-12-23(33-21(5)31)16-22(29)17-27(28)32/h17-18,20,23-26,28H,3,8-16H2,1-2,4-7H3/t20-,23+,24-,25+,26-,28+,29+,30-/m1/s1. The van der Waals surface area contributed by atoms with Crippen LogP contribution in [0.1, 0.15) is 99.3 Å². The predicted molar refractivity (Wildman–Crippen MR) is 134 cm³/mol. The number of hydrogen-bond donors (Lipinski definition) is 0. The molecule has 33 heavy (non-hydrogen) atoms. The zero-order chi connectivity index (χ0) is 24.1. The molecule has 0 spiro atoms. The van der Waals surface area contributed by atoms with Crippen molar-refractivity contribution in [3.8, 4) is 0 Å². The number of hydrogen-bond acceptors (Lipinski definition) is 3. The normalized spacial score (nSPS) is 41.0. The van der Waals surface area contributed by atoms with E-state index in [2.05, 4.69) is 41.2 Å². The van der Waals surface area contributed by atoms with Crippen LogP contribution in [0.5, 0.6) is 0 Å².